The van der Waals surface area contributed by atoms with Crippen LogP contribution in [0.2, 0.25) is 5.02 Å². The number of thiocarbonyl (C=S) groups is 1. The molecule has 2 heterocycles. The van der Waals surface area contributed by atoms with Gasteiger partial charge in [0.05, 0.1) is 11.6 Å². The Hall–Kier alpha value is -2.32. The molecule has 2 aliphatic heterocycles. The summed E-state index contributed by atoms with van der Waals surface area (Å²) < 4.78 is 6.11. The summed E-state index contributed by atoms with van der Waals surface area (Å²) in [5, 5.41) is 0.744. The average Bonchev–Trinajstić information content (AvgIpc) is 3.06. The van der Waals surface area contributed by atoms with Crippen molar-refractivity contribution in [2.24, 2.45) is 0 Å². The molecule has 0 aliphatic carbocycles. The van der Waals surface area contributed by atoms with Gasteiger partial charge in [0.2, 0.25) is 0 Å². The number of hydrogen-bond acceptors (Lipinski definition) is 6. The number of hydrogen-bond donors (Lipinski definition) is 0. The van der Waals surface area contributed by atoms with Crippen molar-refractivity contribution in [3.8, 4) is 5.75 Å². The number of rotatable bonds is 7. The van der Waals surface area contributed by atoms with Crippen molar-refractivity contribution >= 4 is 57.6 Å². The van der Waals surface area contributed by atoms with Crippen LogP contribution in [0.3, 0.4) is 0 Å². The Morgan fingerprint density at radius 1 is 1.12 bits per heavy atom. The Bertz CT molecular complexity index is 1030. The van der Waals surface area contributed by atoms with E-state index in [4.69, 9.17) is 28.6 Å². The Morgan fingerprint density at radius 3 is 2.56 bits per heavy atom. The maximum atomic E-state index is 13.0. The molecule has 0 N–H and O–H groups in total. The maximum Gasteiger partial charge on any atom is 0.267 e. The Morgan fingerprint density at radius 2 is 1.88 bits per heavy atom. The summed E-state index contributed by atoms with van der Waals surface area (Å²) in [5.41, 5.74) is 2.07. The first-order chi connectivity index (χ1) is 15.5. The van der Waals surface area contributed by atoms with Crippen molar-refractivity contribution in [1.29, 1.82) is 0 Å². The number of thioether (sulfide) groups is 1. The van der Waals surface area contributed by atoms with Gasteiger partial charge in [-0.15, -0.1) is 0 Å². The molecular formula is C24H24ClN3O2S2. The van der Waals surface area contributed by atoms with E-state index in [1.165, 1.54) is 11.8 Å². The fourth-order valence-corrected chi connectivity index (χ4v) is 5.04. The smallest absolute Gasteiger partial charge is 0.267 e. The standard InChI is InChI=1S/C24H24ClN3O2S2/c1-2-14-30-21-8-6-18(7-9-21)15-22-23(29)28(24(31)32-22)17-26-10-12-27(13-11-26)20-5-3-4-19(25)16-20/h2-9,15-16H,1,10-14,17H2/b22-15+. The molecule has 1 amide bonds. The van der Waals surface area contributed by atoms with Crippen LogP contribution in [0.1, 0.15) is 5.56 Å². The van der Waals surface area contributed by atoms with E-state index in [1.54, 1.807) is 11.0 Å². The fourth-order valence-electron chi connectivity index (χ4n) is 3.61. The number of ether oxygens (including phenoxy) is 1. The van der Waals surface area contributed by atoms with Crippen molar-refractivity contribution in [1.82, 2.24) is 9.80 Å². The Labute approximate surface area is 203 Å². The minimum Gasteiger partial charge on any atom is -0.490 e. The van der Waals surface area contributed by atoms with E-state index in [-0.39, 0.29) is 5.91 Å². The number of piperazine rings is 1. The summed E-state index contributed by atoms with van der Waals surface area (Å²) in [6, 6.07) is 15.5. The molecule has 166 valence electrons. The predicted molar refractivity (Wildman–Crippen MR) is 137 cm³/mol. The van der Waals surface area contributed by atoms with Crippen molar-refractivity contribution in [2.45, 2.75) is 0 Å². The highest BCUT2D eigenvalue weighted by atomic mass is 35.5. The van der Waals surface area contributed by atoms with Crippen molar-refractivity contribution in [3.63, 3.8) is 0 Å². The second kappa shape index (κ2) is 10.5. The number of amides is 1. The van der Waals surface area contributed by atoms with Gasteiger partial charge >= 0.3 is 0 Å². The SMILES string of the molecule is C=CCOc1ccc(/C=C2/SC(=S)N(CN3CCN(c4cccc(Cl)c4)CC3)C2=O)cc1. The predicted octanol–water partition coefficient (Wildman–Crippen LogP) is 4.89. The van der Waals surface area contributed by atoms with E-state index in [1.807, 2.05) is 48.5 Å². The summed E-state index contributed by atoms with van der Waals surface area (Å²) in [5.74, 6) is 0.732. The zero-order chi connectivity index (χ0) is 22.5. The van der Waals surface area contributed by atoms with Crippen LogP contribution in [-0.4, -0.2) is 59.5 Å². The normalized spacial score (nSPS) is 18.5. The zero-order valence-electron chi connectivity index (χ0n) is 17.6. The molecular weight excluding hydrogens is 462 g/mol. The molecule has 0 spiro atoms. The quantitative estimate of drug-likeness (QED) is 0.316. The van der Waals surface area contributed by atoms with Gasteiger partial charge in [-0.3, -0.25) is 14.6 Å². The minimum absolute atomic E-state index is 0.0377. The van der Waals surface area contributed by atoms with E-state index < -0.39 is 0 Å². The van der Waals surface area contributed by atoms with Gasteiger partial charge in [0.1, 0.15) is 16.7 Å². The largest absolute Gasteiger partial charge is 0.490 e. The van der Waals surface area contributed by atoms with Gasteiger partial charge in [0.25, 0.3) is 5.91 Å². The van der Waals surface area contributed by atoms with Gasteiger partial charge in [0, 0.05) is 36.9 Å². The van der Waals surface area contributed by atoms with Crippen LogP contribution in [0.15, 0.2) is 66.1 Å². The second-order valence-electron chi connectivity index (χ2n) is 7.50. The highest BCUT2D eigenvalue weighted by molar-refractivity contribution is 8.26. The molecule has 0 radical (unpaired) electrons. The van der Waals surface area contributed by atoms with E-state index >= 15 is 0 Å². The second-order valence-corrected chi connectivity index (χ2v) is 9.62. The molecule has 0 unspecified atom stereocenters. The molecule has 4 rings (SSSR count). The molecule has 2 fully saturated rings. The summed E-state index contributed by atoms with van der Waals surface area (Å²) in [6.07, 6.45) is 3.59. The average molecular weight is 486 g/mol. The van der Waals surface area contributed by atoms with Crippen LogP contribution in [0.4, 0.5) is 5.69 Å². The van der Waals surface area contributed by atoms with Crippen LogP contribution in [0.5, 0.6) is 5.75 Å². The molecule has 0 bridgehead atoms. The molecule has 0 atom stereocenters. The summed E-state index contributed by atoms with van der Waals surface area (Å²) in [4.78, 5) is 19.9. The van der Waals surface area contributed by atoms with Crippen LogP contribution in [0.25, 0.3) is 6.08 Å². The van der Waals surface area contributed by atoms with E-state index in [2.05, 4.69) is 22.4 Å². The maximum absolute atomic E-state index is 13.0. The molecule has 2 aliphatic rings. The summed E-state index contributed by atoms with van der Waals surface area (Å²) in [7, 11) is 0. The topological polar surface area (TPSA) is 36.0 Å². The van der Waals surface area contributed by atoms with Gasteiger partial charge in [0.15, 0.2) is 0 Å². The van der Waals surface area contributed by atoms with E-state index in [9.17, 15) is 4.79 Å². The lowest BCUT2D eigenvalue weighted by molar-refractivity contribution is -0.123. The third-order valence-electron chi connectivity index (χ3n) is 5.31. The number of carbonyl (C=O) groups excluding carboxylic acids is 1. The third-order valence-corrected chi connectivity index (χ3v) is 6.92. The third kappa shape index (κ3) is 5.53. The molecule has 5 nitrogen and oxygen atoms in total. The Kier molecular flexibility index (Phi) is 7.52. The summed E-state index contributed by atoms with van der Waals surface area (Å²) >= 11 is 13.0. The number of nitrogens with zero attached hydrogens (tertiary/aromatic N) is 3. The van der Waals surface area contributed by atoms with Crippen molar-refractivity contribution < 1.29 is 9.53 Å². The van der Waals surface area contributed by atoms with E-state index in [0.717, 1.165) is 48.2 Å². The molecule has 0 aromatic heterocycles. The molecule has 2 saturated heterocycles. The zero-order valence-corrected chi connectivity index (χ0v) is 20.0. The molecule has 2 aromatic carbocycles. The van der Waals surface area contributed by atoms with Gasteiger partial charge in [-0.25, -0.2) is 0 Å². The van der Waals surface area contributed by atoms with Gasteiger partial charge in [-0.1, -0.05) is 66.4 Å². The number of benzene rings is 2. The highest BCUT2D eigenvalue weighted by Gasteiger charge is 2.33. The van der Waals surface area contributed by atoms with Crippen molar-refractivity contribution in [3.05, 3.63) is 76.7 Å². The monoisotopic (exact) mass is 485 g/mol. The van der Waals surface area contributed by atoms with Gasteiger partial charge < -0.3 is 9.64 Å². The number of anilines is 1. The fraction of sp³-hybridized carbons (Fsp3) is 0.250. The highest BCUT2D eigenvalue weighted by Crippen LogP contribution is 2.33. The lowest BCUT2D eigenvalue weighted by Gasteiger charge is -2.37. The van der Waals surface area contributed by atoms with Crippen LogP contribution in [-0.2, 0) is 4.79 Å². The molecule has 32 heavy (non-hydrogen) atoms. The van der Waals surface area contributed by atoms with Crippen LogP contribution < -0.4 is 9.64 Å². The lowest BCUT2D eigenvalue weighted by Crippen LogP contribution is -2.50. The van der Waals surface area contributed by atoms with Crippen LogP contribution in [0, 0.1) is 0 Å². The molecule has 8 heteroatoms. The summed E-state index contributed by atoms with van der Waals surface area (Å²) in [6.45, 7) is 8.09. The van der Waals surface area contributed by atoms with E-state index in [0.29, 0.717) is 22.5 Å². The first kappa shape index (κ1) is 22.9. The van der Waals surface area contributed by atoms with Crippen molar-refractivity contribution in [2.75, 3.05) is 44.4 Å². The lowest BCUT2D eigenvalue weighted by atomic mass is 10.2. The first-order valence-corrected chi connectivity index (χ1v) is 12.0. The Balaban J connectivity index is 1.34. The minimum atomic E-state index is -0.0377. The molecule has 2 aromatic rings. The van der Waals surface area contributed by atoms with Crippen LogP contribution >= 0.6 is 35.6 Å². The first-order valence-electron chi connectivity index (χ1n) is 10.4. The van der Waals surface area contributed by atoms with Gasteiger partial charge in [-0.2, -0.15) is 0 Å². The van der Waals surface area contributed by atoms with Gasteiger partial charge in [-0.05, 0) is 42.0 Å². The molecule has 0 saturated carbocycles. The number of halogens is 1. The number of carbonyl (C=O) groups is 1.